The molecule has 1 heterocycles. The predicted octanol–water partition coefficient (Wildman–Crippen LogP) is 3.37. The predicted molar refractivity (Wildman–Crippen MR) is 52.8 cm³/mol. The first-order valence-corrected chi connectivity index (χ1v) is 6.19. The summed E-state index contributed by atoms with van der Waals surface area (Å²) in [5.74, 6) is 0. The van der Waals surface area contributed by atoms with Gasteiger partial charge in [0.15, 0.2) is 0 Å². The molecule has 0 N–H and O–H groups in total. The molecule has 0 radical (unpaired) electrons. The molecule has 1 rings (SSSR count). The maximum atomic E-state index is 2.31. The van der Waals surface area contributed by atoms with Gasteiger partial charge in [0.25, 0.3) is 0 Å². The Labute approximate surface area is 72.5 Å². The van der Waals surface area contributed by atoms with Gasteiger partial charge < -0.3 is 0 Å². The third-order valence-corrected chi connectivity index (χ3v) is 5.13. The van der Waals surface area contributed by atoms with Crippen molar-refractivity contribution in [3.05, 3.63) is 0 Å². The maximum absolute atomic E-state index is 2.31. The Kier molecular flexibility index (Phi) is 4.00. The first-order valence-electron chi connectivity index (χ1n) is 4.10. The number of thioether (sulfide) groups is 2. The lowest BCUT2D eigenvalue weighted by atomic mass is 10.1. The Hall–Kier alpha value is 0.700. The van der Waals surface area contributed by atoms with Gasteiger partial charge in [0, 0.05) is 15.6 Å². The fourth-order valence-corrected chi connectivity index (χ4v) is 4.41. The molecule has 0 aromatic carbocycles. The van der Waals surface area contributed by atoms with Gasteiger partial charge in [0.1, 0.15) is 0 Å². The molecule has 0 amide bonds. The lowest BCUT2D eigenvalue weighted by molar-refractivity contribution is 0.681. The number of hydrogen-bond acceptors (Lipinski definition) is 2. The normalized spacial score (nSPS) is 34.2. The summed E-state index contributed by atoms with van der Waals surface area (Å²) in [6.45, 7) is 4.61. The average Bonchev–Trinajstić information content (AvgIpc) is 2.05. The molecule has 2 unspecified atom stereocenters. The smallest absolute Gasteiger partial charge is 0.0397 e. The minimum Gasteiger partial charge on any atom is -0.148 e. The van der Waals surface area contributed by atoms with Gasteiger partial charge in [0.05, 0.1) is 0 Å². The molecule has 0 aliphatic carbocycles. The van der Waals surface area contributed by atoms with Crippen LogP contribution in [0.4, 0.5) is 0 Å². The molecular formula is C8H16S2. The third kappa shape index (κ3) is 2.39. The molecule has 0 aromatic rings. The molecule has 2 atom stereocenters. The summed E-state index contributed by atoms with van der Waals surface area (Å²) in [5, 5.41) is 3.26. The lowest BCUT2D eigenvalue weighted by Crippen LogP contribution is -2.16. The van der Waals surface area contributed by atoms with E-state index in [0.717, 1.165) is 10.5 Å². The van der Waals surface area contributed by atoms with E-state index in [1.54, 1.807) is 0 Å². The van der Waals surface area contributed by atoms with E-state index < -0.39 is 0 Å². The van der Waals surface area contributed by atoms with Gasteiger partial charge in [-0.25, -0.2) is 0 Å². The summed E-state index contributed by atoms with van der Waals surface area (Å²) < 4.78 is 0. The second kappa shape index (κ2) is 4.55. The van der Waals surface area contributed by atoms with Crippen LogP contribution in [0, 0.1) is 0 Å². The van der Waals surface area contributed by atoms with Crippen LogP contribution in [-0.4, -0.2) is 15.6 Å². The Morgan fingerprint density at radius 3 is 2.00 bits per heavy atom. The van der Waals surface area contributed by atoms with Crippen LogP contribution in [0.25, 0.3) is 0 Å². The van der Waals surface area contributed by atoms with Crippen LogP contribution in [0.1, 0.15) is 33.1 Å². The van der Waals surface area contributed by atoms with Crippen LogP contribution in [0.15, 0.2) is 0 Å². The second-order valence-electron chi connectivity index (χ2n) is 2.75. The number of hydrogen-bond donors (Lipinski definition) is 0. The highest BCUT2D eigenvalue weighted by Crippen LogP contribution is 2.36. The standard InChI is InChI=1S/C8H16S2/c1-3-7-5-8(4-2)10-6-9-7/h7-8H,3-6H2,1-2H3. The molecule has 10 heavy (non-hydrogen) atoms. The highest BCUT2D eigenvalue weighted by Gasteiger charge is 2.19. The largest absolute Gasteiger partial charge is 0.148 e. The van der Waals surface area contributed by atoms with E-state index in [4.69, 9.17) is 0 Å². The summed E-state index contributed by atoms with van der Waals surface area (Å²) in [6, 6.07) is 0. The fourth-order valence-electron chi connectivity index (χ4n) is 1.23. The van der Waals surface area contributed by atoms with E-state index in [2.05, 4.69) is 37.4 Å². The van der Waals surface area contributed by atoms with Crippen LogP contribution in [0.5, 0.6) is 0 Å². The average molecular weight is 176 g/mol. The molecule has 0 spiro atoms. The van der Waals surface area contributed by atoms with E-state index in [1.807, 2.05) is 0 Å². The highest BCUT2D eigenvalue weighted by atomic mass is 32.2. The van der Waals surface area contributed by atoms with Gasteiger partial charge in [-0.3, -0.25) is 0 Å². The molecule has 0 saturated carbocycles. The van der Waals surface area contributed by atoms with E-state index >= 15 is 0 Å². The van der Waals surface area contributed by atoms with Crippen LogP contribution in [0.3, 0.4) is 0 Å². The molecule has 0 aromatic heterocycles. The molecule has 1 aliphatic heterocycles. The summed E-state index contributed by atoms with van der Waals surface area (Å²) in [5.41, 5.74) is 0. The van der Waals surface area contributed by atoms with Crippen LogP contribution >= 0.6 is 23.5 Å². The van der Waals surface area contributed by atoms with E-state index in [-0.39, 0.29) is 0 Å². The number of rotatable bonds is 2. The Balaban J connectivity index is 2.25. The van der Waals surface area contributed by atoms with Gasteiger partial charge >= 0.3 is 0 Å². The van der Waals surface area contributed by atoms with Gasteiger partial charge in [0.2, 0.25) is 0 Å². The lowest BCUT2D eigenvalue weighted by Gasteiger charge is -2.26. The monoisotopic (exact) mass is 176 g/mol. The van der Waals surface area contributed by atoms with Crippen molar-refractivity contribution >= 4 is 23.5 Å². The maximum Gasteiger partial charge on any atom is 0.0397 e. The van der Waals surface area contributed by atoms with Crippen molar-refractivity contribution in [1.82, 2.24) is 0 Å². The SMILES string of the molecule is CCC1CC(CC)SCS1. The summed E-state index contributed by atoms with van der Waals surface area (Å²) in [7, 11) is 0. The minimum absolute atomic E-state index is 0.964. The first-order chi connectivity index (χ1) is 4.86. The Morgan fingerprint density at radius 1 is 1.10 bits per heavy atom. The highest BCUT2D eigenvalue weighted by molar-refractivity contribution is 8.17. The van der Waals surface area contributed by atoms with Crippen molar-refractivity contribution in [2.45, 2.75) is 43.6 Å². The van der Waals surface area contributed by atoms with E-state index in [0.29, 0.717) is 0 Å². The van der Waals surface area contributed by atoms with Crippen molar-refractivity contribution in [2.75, 3.05) is 5.08 Å². The Morgan fingerprint density at radius 2 is 1.60 bits per heavy atom. The second-order valence-corrected chi connectivity index (χ2v) is 5.69. The molecule has 1 aliphatic rings. The molecule has 0 bridgehead atoms. The van der Waals surface area contributed by atoms with Crippen molar-refractivity contribution in [2.24, 2.45) is 0 Å². The van der Waals surface area contributed by atoms with Crippen molar-refractivity contribution < 1.29 is 0 Å². The zero-order valence-electron chi connectivity index (χ0n) is 6.80. The summed E-state index contributed by atoms with van der Waals surface area (Å²) in [4.78, 5) is 0. The summed E-state index contributed by atoms with van der Waals surface area (Å²) >= 11 is 4.29. The van der Waals surface area contributed by atoms with Crippen LogP contribution in [0.2, 0.25) is 0 Å². The molecule has 1 fully saturated rings. The fraction of sp³-hybridized carbons (Fsp3) is 1.00. The van der Waals surface area contributed by atoms with Gasteiger partial charge in [-0.15, -0.1) is 23.5 Å². The molecule has 60 valence electrons. The zero-order chi connectivity index (χ0) is 7.40. The van der Waals surface area contributed by atoms with Gasteiger partial charge in [-0.1, -0.05) is 13.8 Å². The Bertz CT molecular complexity index is 83.3. The van der Waals surface area contributed by atoms with Crippen molar-refractivity contribution in [3.8, 4) is 0 Å². The van der Waals surface area contributed by atoms with Crippen molar-refractivity contribution in [1.29, 1.82) is 0 Å². The quantitative estimate of drug-likeness (QED) is 0.632. The van der Waals surface area contributed by atoms with Gasteiger partial charge in [-0.2, -0.15) is 0 Å². The molecule has 2 heteroatoms. The van der Waals surface area contributed by atoms with Crippen LogP contribution < -0.4 is 0 Å². The first kappa shape index (κ1) is 8.79. The van der Waals surface area contributed by atoms with E-state index in [1.165, 1.54) is 24.3 Å². The molecule has 1 saturated heterocycles. The zero-order valence-corrected chi connectivity index (χ0v) is 8.43. The molecular weight excluding hydrogens is 160 g/mol. The third-order valence-electron chi connectivity index (χ3n) is 2.04. The van der Waals surface area contributed by atoms with E-state index in [9.17, 15) is 0 Å². The van der Waals surface area contributed by atoms with Crippen molar-refractivity contribution in [3.63, 3.8) is 0 Å². The minimum atomic E-state index is 0.964. The van der Waals surface area contributed by atoms with Crippen LogP contribution in [-0.2, 0) is 0 Å². The topological polar surface area (TPSA) is 0 Å². The molecule has 0 nitrogen and oxygen atoms in total. The summed E-state index contributed by atoms with van der Waals surface area (Å²) in [6.07, 6.45) is 4.17. The van der Waals surface area contributed by atoms with Gasteiger partial charge in [-0.05, 0) is 19.3 Å².